The third-order valence-corrected chi connectivity index (χ3v) is 5.60. The SMILES string of the molecule is C[C@@H](c1ccccc1)N(Cc1ccccc1)[S@](=O)c1ccccc1. The fraction of sp³-hybridized carbons (Fsp3) is 0.143. The molecule has 0 fully saturated rings. The molecule has 0 aliphatic rings. The van der Waals surface area contributed by atoms with E-state index < -0.39 is 11.0 Å². The Hall–Kier alpha value is -2.23. The van der Waals surface area contributed by atoms with Crippen molar-refractivity contribution in [2.45, 2.75) is 24.4 Å². The van der Waals surface area contributed by atoms with Gasteiger partial charge in [-0.1, -0.05) is 78.9 Å². The van der Waals surface area contributed by atoms with Crippen LogP contribution in [0.3, 0.4) is 0 Å². The summed E-state index contributed by atoms with van der Waals surface area (Å²) in [5.74, 6) is 0. The molecule has 0 amide bonds. The Morgan fingerprint density at radius 1 is 0.792 bits per heavy atom. The second-order valence-corrected chi connectivity index (χ2v) is 7.15. The summed E-state index contributed by atoms with van der Waals surface area (Å²) < 4.78 is 15.2. The molecule has 0 saturated heterocycles. The van der Waals surface area contributed by atoms with Crippen LogP contribution in [-0.2, 0) is 17.5 Å². The first-order chi connectivity index (χ1) is 11.8. The maximum atomic E-state index is 13.2. The van der Waals surface area contributed by atoms with Gasteiger partial charge < -0.3 is 0 Å². The molecular weight excluding hydrogens is 314 g/mol. The fourth-order valence-electron chi connectivity index (χ4n) is 2.67. The number of nitrogens with zero attached hydrogens (tertiary/aromatic N) is 1. The van der Waals surface area contributed by atoms with Crippen molar-refractivity contribution in [2.75, 3.05) is 0 Å². The largest absolute Gasteiger partial charge is 0.237 e. The van der Waals surface area contributed by atoms with Gasteiger partial charge in [0.15, 0.2) is 0 Å². The molecule has 0 N–H and O–H groups in total. The van der Waals surface area contributed by atoms with Gasteiger partial charge in [0, 0.05) is 12.6 Å². The molecule has 0 aliphatic carbocycles. The molecule has 0 bridgehead atoms. The minimum Gasteiger partial charge on any atom is -0.237 e. The highest BCUT2D eigenvalue weighted by atomic mass is 32.2. The fourth-order valence-corrected chi connectivity index (χ4v) is 4.01. The Balaban J connectivity index is 1.93. The monoisotopic (exact) mass is 335 g/mol. The molecule has 0 radical (unpaired) electrons. The minimum absolute atomic E-state index is 0.0486. The van der Waals surface area contributed by atoms with Crippen LogP contribution in [0.25, 0.3) is 0 Å². The van der Waals surface area contributed by atoms with Crippen molar-refractivity contribution in [3.8, 4) is 0 Å². The smallest absolute Gasteiger partial charge is 0.128 e. The van der Waals surface area contributed by atoms with Crippen LogP contribution in [0.2, 0.25) is 0 Å². The molecule has 0 spiro atoms. The molecular formula is C21H21NOS. The molecule has 0 aliphatic heterocycles. The Morgan fingerprint density at radius 3 is 1.88 bits per heavy atom. The first kappa shape index (κ1) is 16.6. The van der Waals surface area contributed by atoms with Gasteiger partial charge in [-0.15, -0.1) is 0 Å². The van der Waals surface area contributed by atoms with Crippen LogP contribution in [0, 0.1) is 0 Å². The molecule has 122 valence electrons. The highest BCUT2D eigenvalue weighted by molar-refractivity contribution is 7.82. The van der Waals surface area contributed by atoms with Crippen molar-refractivity contribution >= 4 is 11.0 Å². The van der Waals surface area contributed by atoms with Crippen molar-refractivity contribution in [3.05, 3.63) is 102 Å². The Labute approximate surface area is 146 Å². The van der Waals surface area contributed by atoms with Gasteiger partial charge in [-0.3, -0.25) is 0 Å². The van der Waals surface area contributed by atoms with E-state index in [4.69, 9.17) is 0 Å². The predicted molar refractivity (Wildman–Crippen MR) is 99.7 cm³/mol. The van der Waals surface area contributed by atoms with Crippen molar-refractivity contribution in [1.29, 1.82) is 0 Å². The molecule has 0 heterocycles. The number of rotatable bonds is 6. The zero-order valence-electron chi connectivity index (χ0n) is 13.7. The van der Waals surface area contributed by atoms with Crippen LogP contribution in [0.1, 0.15) is 24.1 Å². The average molecular weight is 335 g/mol. The minimum atomic E-state index is -1.22. The van der Waals surface area contributed by atoms with E-state index in [-0.39, 0.29) is 6.04 Å². The Kier molecular flexibility index (Phi) is 5.57. The van der Waals surface area contributed by atoms with Gasteiger partial charge in [0.1, 0.15) is 11.0 Å². The van der Waals surface area contributed by atoms with E-state index in [1.807, 2.05) is 71.0 Å². The van der Waals surface area contributed by atoms with Gasteiger partial charge in [0.05, 0.1) is 4.90 Å². The highest BCUT2D eigenvalue weighted by Gasteiger charge is 2.23. The van der Waals surface area contributed by atoms with Crippen LogP contribution < -0.4 is 0 Å². The van der Waals surface area contributed by atoms with E-state index in [0.717, 1.165) is 16.0 Å². The summed E-state index contributed by atoms with van der Waals surface area (Å²) in [6, 6.07) is 30.1. The maximum absolute atomic E-state index is 13.2. The van der Waals surface area contributed by atoms with Crippen molar-refractivity contribution in [3.63, 3.8) is 0 Å². The molecule has 3 rings (SSSR count). The molecule has 2 atom stereocenters. The zero-order chi connectivity index (χ0) is 16.8. The van der Waals surface area contributed by atoms with E-state index in [2.05, 4.69) is 31.2 Å². The zero-order valence-corrected chi connectivity index (χ0v) is 14.5. The first-order valence-electron chi connectivity index (χ1n) is 8.08. The first-order valence-corrected chi connectivity index (χ1v) is 9.19. The van der Waals surface area contributed by atoms with E-state index in [0.29, 0.717) is 6.54 Å². The second-order valence-electron chi connectivity index (χ2n) is 5.71. The van der Waals surface area contributed by atoms with Crippen molar-refractivity contribution in [1.82, 2.24) is 4.31 Å². The van der Waals surface area contributed by atoms with Gasteiger partial charge >= 0.3 is 0 Å². The lowest BCUT2D eigenvalue weighted by molar-refractivity contribution is 0.358. The number of hydrogen-bond donors (Lipinski definition) is 0. The van der Waals surface area contributed by atoms with E-state index >= 15 is 0 Å². The third kappa shape index (κ3) is 3.99. The Morgan fingerprint density at radius 2 is 1.29 bits per heavy atom. The van der Waals surface area contributed by atoms with E-state index in [9.17, 15) is 4.21 Å². The second kappa shape index (κ2) is 8.04. The lowest BCUT2D eigenvalue weighted by Gasteiger charge is -2.28. The molecule has 3 aromatic rings. The standard InChI is InChI=1S/C21H21NOS/c1-18(20-13-7-3-8-14-20)22(17-19-11-5-2-6-12-19)24(23)21-15-9-4-10-16-21/h2-16,18H,17H2,1H3/t18-,24+/m0/s1. The number of hydrogen-bond acceptors (Lipinski definition) is 1. The quantitative estimate of drug-likeness (QED) is 0.622. The van der Waals surface area contributed by atoms with Crippen LogP contribution >= 0.6 is 0 Å². The van der Waals surface area contributed by atoms with Crippen molar-refractivity contribution in [2.24, 2.45) is 0 Å². The number of benzene rings is 3. The van der Waals surface area contributed by atoms with Crippen LogP contribution in [-0.4, -0.2) is 8.51 Å². The van der Waals surface area contributed by atoms with E-state index in [1.54, 1.807) is 0 Å². The predicted octanol–water partition coefficient (Wildman–Crippen LogP) is 4.97. The van der Waals surface area contributed by atoms with Gasteiger partial charge in [-0.05, 0) is 30.2 Å². The summed E-state index contributed by atoms with van der Waals surface area (Å²) in [6.45, 7) is 2.75. The molecule has 0 aromatic heterocycles. The molecule has 2 nitrogen and oxygen atoms in total. The molecule has 3 heteroatoms. The molecule has 24 heavy (non-hydrogen) atoms. The van der Waals surface area contributed by atoms with Crippen molar-refractivity contribution < 1.29 is 4.21 Å². The van der Waals surface area contributed by atoms with Gasteiger partial charge in [-0.25, -0.2) is 8.51 Å². The maximum Gasteiger partial charge on any atom is 0.128 e. The normalized spacial score (nSPS) is 13.6. The van der Waals surface area contributed by atoms with Gasteiger partial charge in [0.2, 0.25) is 0 Å². The molecule has 3 aromatic carbocycles. The van der Waals surface area contributed by atoms with Crippen LogP contribution in [0.15, 0.2) is 95.9 Å². The third-order valence-electron chi connectivity index (χ3n) is 4.05. The summed E-state index contributed by atoms with van der Waals surface area (Å²) in [5, 5.41) is 0. The van der Waals surface area contributed by atoms with Gasteiger partial charge in [-0.2, -0.15) is 0 Å². The van der Waals surface area contributed by atoms with E-state index in [1.165, 1.54) is 0 Å². The molecule has 0 unspecified atom stereocenters. The average Bonchev–Trinajstić information content (AvgIpc) is 2.67. The summed E-state index contributed by atoms with van der Waals surface area (Å²) in [5.41, 5.74) is 2.32. The Bertz CT molecular complexity index is 775. The highest BCUT2D eigenvalue weighted by Crippen LogP contribution is 2.26. The topological polar surface area (TPSA) is 20.3 Å². The summed E-state index contributed by atoms with van der Waals surface area (Å²) in [7, 11) is -1.22. The summed E-state index contributed by atoms with van der Waals surface area (Å²) in [6.07, 6.45) is 0. The summed E-state index contributed by atoms with van der Waals surface area (Å²) >= 11 is 0. The lowest BCUT2D eigenvalue weighted by atomic mass is 10.1. The molecule has 0 saturated carbocycles. The van der Waals surface area contributed by atoms with Crippen LogP contribution in [0.5, 0.6) is 0 Å². The van der Waals surface area contributed by atoms with Gasteiger partial charge in [0.25, 0.3) is 0 Å². The lowest BCUT2D eigenvalue weighted by Crippen LogP contribution is -2.29. The van der Waals surface area contributed by atoms with Crippen LogP contribution in [0.4, 0.5) is 0 Å². The summed E-state index contributed by atoms with van der Waals surface area (Å²) in [4.78, 5) is 0.830.